The smallest absolute Gasteiger partial charge is 0.218 e. The van der Waals surface area contributed by atoms with E-state index < -0.39 is 0 Å². The summed E-state index contributed by atoms with van der Waals surface area (Å²) in [4.78, 5) is 9.00. The molecule has 0 amide bonds. The molecule has 0 atom stereocenters. The van der Waals surface area contributed by atoms with Crippen molar-refractivity contribution in [2.24, 2.45) is 0 Å². The highest BCUT2D eigenvalue weighted by atomic mass is 16.5. The lowest BCUT2D eigenvalue weighted by molar-refractivity contribution is -0.0168. The third kappa shape index (κ3) is 4.96. The summed E-state index contributed by atoms with van der Waals surface area (Å²) in [5.74, 6) is 2.89. The molecule has 1 heterocycles. The highest BCUT2D eigenvalue weighted by Crippen LogP contribution is 2.39. The largest absolute Gasteiger partial charge is 0.475 e. The van der Waals surface area contributed by atoms with Gasteiger partial charge in [0.15, 0.2) is 0 Å². The minimum Gasteiger partial charge on any atom is -0.475 e. The van der Waals surface area contributed by atoms with Crippen LogP contribution < -0.4 is 10.1 Å². The van der Waals surface area contributed by atoms with Crippen molar-refractivity contribution < 1.29 is 9.47 Å². The Labute approximate surface area is 121 Å². The molecule has 1 N–H and O–H groups in total. The summed E-state index contributed by atoms with van der Waals surface area (Å²) < 4.78 is 11.3. The molecule has 1 aromatic heterocycles. The number of nitrogens with zero attached hydrogens (tertiary/aromatic N) is 2. The highest BCUT2D eigenvalue weighted by Gasteiger charge is 2.27. The van der Waals surface area contributed by atoms with Crippen LogP contribution in [0.1, 0.15) is 52.3 Å². The molecule has 0 spiro atoms. The summed E-state index contributed by atoms with van der Waals surface area (Å²) in [7, 11) is 0. The number of hydrogen-bond acceptors (Lipinski definition) is 5. The molecule has 1 saturated carbocycles. The van der Waals surface area contributed by atoms with Gasteiger partial charge in [-0.3, -0.25) is 0 Å². The molecule has 112 valence electrons. The Balaban J connectivity index is 1.92. The molecule has 1 aliphatic rings. The van der Waals surface area contributed by atoms with Gasteiger partial charge >= 0.3 is 0 Å². The first-order valence-corrected chi connectivity index (χ1v) is 7.37. The van der Waals surface area contributed by atoms with Gasteiger partial charge in [0.05, 0.1) is 12.2 Å². The maximum Gasteiger partial charge on any atom is 0.218 e. The summed E-state index contributed by atoms with van der Waals surface area (Å²) in [6.45, 7) is 10.1. The van der Waals surface area contributed by atoms with Gasteiger partial charge < -0.3 is 14.8 Å². The minimum absolute atomic E-state index is 0.136. The lowest BCUT2D eigenvalue weighted by Crippen LogP contribution is -2.22. The van der Waals surface area contributed by atoms with Crippen molar-refractivity contribution in [1.29, 1.82) is 0 Å². The summed E-state index contributed by atoms with van der Waals surface area (Å²) in [6.07, 6.45) is 2.37. The molecule has 0 unspecified atom stereocenters. The fraction of sp³-hybridized carbons (Fsp3) is 0.733. The Kier molecular flexibility index (Phi) is 4.81. The summed E-state index contributed by atoms with van der Waals surface area (Å²) >= 11 is 0. The van der Waals surface area contributed by atoms with Crippen LogP contribution in [0.25, 0.3) is 0 Å². The zero-order chi connectivity index (χ0) is 14.6. The molecule has 0 bridgehead atoms. The highest BCUT2D eigenvalue weighted by molar-refractivity contribution is 5.39. The fourth-order valence-electron chi connectivity index (χ4n) is 1.81. The van der Waals surface area contributed by atoms with Crippen molar-refractivity contribution >= 4 is 5.82 Å². The van der Waals surface area contributed by atoms with Gasteiger partial charge in [0.2, 0.25) is 5.88 Å². The average molecular weight is 279 g/mol. The summed E-state index contributed by atoms with van der Waals surface area (Å²) in [5, 5.41) is 3.22. The molecule has 0 saturated heterocycles. The van der Waals surface area contributed by atoms with Gasteiger partial charge in [-0.1, -0.05) is 0 Å². The van der Waals surface area contributed by atoms with Crippen molar-refractivity contribution in [1.82, 2.24) is 9.97 Å². The molecule has 5 nitrogen and oxygen atoms in total. The molecule has 0 aromatic carbocycles. The second kappa shape index (κ2) is 6.39. The molecule has 0 radical (unpaired) electrons. The first-order chi connectivity index (χ1) is 9.48. The molecule has 1 fully saturated rings. The normalized spacial score (nSPS) is 15.2. The van der Waals surface area contributed by atoms with Crippen LogP contribution in [-0.4, -0.2) is 35.3 Å². The van der Waals surface area contributed by atoms with Crippen LogP contribution in [0, 0.1) is 0 Å². The van der Waals surface area contributed by atoms with Crippen molar-refractivity contribution in [3.63, 3.8) is 0 Å². The van der Waals surface area contributed by atoms with Crippen LogP contribution in [0.2, 0.25) is 0 Å². The Morgan fingerprint density at radius 1 is 1.25 bits per heavy atom. The molecule has 2 rings (SSSR count). The van der Waals surface area contributed by atoms with Crippen molar-refractivity contribution in [2.45, 2.75) is 52.1 Å². The number of hydrogen-bond donors (Lipinski definition) is 1. The average Bonchev–Trinajstić information content (AvgIpc) is 3.18. The van der Waals surface area contributed by atoms with E-state index in [1.807, 2.05) is 26.8 Å². The van der Waals surface area contributed by atoms with E-state index in [1.54, 1.807) is 0 Å². The molecule has 20 heavy (non-hydrogen) atoms. The zero-order valence-electron chi connectivity index (χ0n) is 12.9. The zero-order valence-corrected chi connectivity index (χ0v) is 12.9. The third-order valence-corrected chi connectivity index (χ3v) is 2.89. The molecule has 0 aliphatic heterocycles. The van der Waals surface area contributed by atoms with Gasteiger partial charge in [-0.05, 0) is 40.5 Å². The Morgan fingerprint density at radius 3 is 2.60 bits per heavy atom. The van der Waals surface area contributed by atoms with E-state index in [2.05, 4.69) is 22.2 Å². The fourth-order valence-corrected chi connectivity index (χ4v) is 1.81. The molecular weight excluding hydrogens is 254 g/mol. The number of rotatable bonds is 7. The van der Waals surface area contributed by atoms with E-state index in [1.165, 1.54) is 12.8 Å². The maximum absolute atomic E-state index is 5.69. The predicted molar refractivity (Wildman–Crippen MR) is 79.4 cm³/mol. The number of nitrogens with one attached hydrogen (secondary N) is 1. The Bertz CT molecular complexity index is 439. The quantitative estimate of drug-likeness (QED) is 0.778. The van der Waals surface area contributed by atoms with Gasteiger partial charge in [-0.15, -0.1) is 0 Å². The predicted octanol–water partition coefficient (Wildman–Crippen LogP) is 2.98. The topological polar surface area (TPSA) is 56.3 Å². The van der Waals surface area contributed by atoms with Crippen LogP contribution in [0.5, 0.6) is 5.88 Å². The SMILES string of the molecule is CCNc1cc(OCCOC(C)(C)C)nc(C2CC2)n1. The number of ether oxygens (including phenoxy) is 2. The van der Waals surface area contributed by atoms with Gasteiger partial charge in [-0.2, -0.15) is 4.98 Å². The van der Waals surface area contributed by atoms with Crippen LogP contribution in [0.4, 0.5) is 5.82 Å². The van der Waals surface area contributed by atoms with Crippen LogP contribution in [-0.2, 0) is 4.74 Å². The summed E-state index contributed by atoms with van der Waals surface area (Å²) in [6, 6.07) is 1.85. The van der Waals surface area contributed by atoms with E-state index >= 15 is 0 Å². The van der Waals surface area contributed by atoms with E-state index in [0.29, 0.717) is 25.0 Å². The number of aromatic nitrogens is 2. The first-order valence-electron chi connectivity index (χ1n) is 7.37. The standard InChI is InChI=1S/C15H25N3O2/c1-5-16-12-10-13(18-14(17-12)11-6-7-11)19-8-9-20-15(2,3)4/h10-11H,5-9H2,1-4H3,(H,16,17,18). The summed E-state index contributed by atoms with van der Waals surface area (Å²) in [5.41, 5.74) is -0.136. The van der Waals surface area contributed by atoms with Crippen molar-refractivity contribution in [3.8, 4) is 5.88 Å². The van der Waals surface area contributed by atoms with Crippen LogP contribution >= 0.6 is 0 Å². The number of anilines is 1. The second-order valence-electron chi connectivity index (χ2n) is 6.06. The molecule has 5 heteroatoms. The van der Waals surface area contributed by atoms with Crippen LogP contribution in [0.15, 0.2) is 6.07 Å². The van der Waals surface area contributed by atoms with E-state index in [4.69, 9.17) is 9.47 Å². The Hall–Kier alpha value is -1.36. The van der Waals surface area contributed by atoms with E-state index in [0.717, 1.165) is 18.2 Å². The maximum atomic E-state index is 5.69. The van der Waals surface area contributed by atoms with Crippen molar-refractivity contribution in [2.75, 3.05) is 25.1 Å². The first kappa shape index (κ1) is 15.0. The second-order valence-corrected chi connectivity index (χ2v) is 6.06. The molecular formula is C15H25N3O2. The van der Waals surface area contributed by atoms with E-state index in [9.17, 15) is 0 Å². The molecule has 1 aromatic rings. The Morgan fingerprint density at radius 2 is 2.00 bits per heavy atom. The van der Waals surface area contributed by atoms with Gasteiger partial charge in [0.1, 0.15) is 18.2 Å². The van der Waals surface area contributed by atoms with Gasteiger partial charge in [-0.25, -0.2) is 4.98 Å². The molecule has 1 aliphatic carbocycles. The minimum atomic E-state index is -0.136. The van der Waals surface area contributed by atoms with Gasteiger partial charge in [0, 0.05) is 18.5 Å². The third-order valence-electron chi connectivity index (χ3n) is 2.89. The monoisotopic (exact) mass is 279 g/mol. The van der Waals surface area contributed by atoms with Crippen LogP contribution in [0.3, 0.4) is 0 Å². The lowest BCUT2D eigenvalue weighted by atomic mass is 10.2. The van der Waals surface area contributed by atoms with Crippen molar-refractivity contribution in [3.05, 3.63) is 11.9 Å². The van der Waals surface area contributed by atoms with Gasteiger partial charge in [0.25, 0.3) is 0 Å². The van der Waals surface area contributed by atoms with E-state index in [-0.39, 0.29) is 5.60 Å². The lowest BCUT2D eigenvalue weighted by Gasteiger charge is -2.19.